The first-order valence-electron chi connectivity index (χ1n) is 10.4. The number of hydrogen-bond acceptors (Lipinski definition) is 3. The molecule has 30 heavy (non-hydrogen) atoms. The van der Waals surface area contributed by atoms with E-state index in [0.29, 0.717) is 29.5 Å². The van der Waals surface area contributed by atoms with E-state index in [4.69, 9.17) is 11.6 Å². The second-order valence-electron chi connectivity index (χ2n) is 7.44. The Hall–Kier alpha value is -1.98. The summed E-state index contributed by atoms with van der Waals surface area (Å²) in [5, 5.41) is 3.69. The molecular weight excluding hydrogens is 416 g/mol. The van der Waals surface area contributed by atoms with Crippen LogP contribution in [0.1, 0.15) is 38.3 Å². The maximum absolute atomic E-state index is 13.0. The van der Waals surface area contributed by atoms with Crippen LogP contribution in [0.5, 0.6) is 0 Å². The van der Waals surface area contributed by atoms with E-state index < -0.39 is 6.04 Å². The molecule has 0 aliphatic carbocycles. The zero-order valence-electron chi connectivity index (χ0n) is 17.9. The zero-order valence-corrected chi connectivity index (χ0v) is 19.5. The number of nitrogens with one attached hydrogen (secondary N) is 1. The third kappa shape index (κ3) is 8.04. The van der Waals surface area contributed by atoms with Gasteiger partial charge in [0.15, 0.2) is 0 Å². The maximum Gasteiger partial charge on any atom is 0.242 e. The van der Waals surface area contributed by atoms with E-state index in [1.165, 1.54) is 11.8 Å². The summed E-state index contributed by atoms with van der Waals surface area (Å²) >= 11 is 7.58. The zero-order chi connectivity index (χ0) is 21.9. The molecule has 1 N–H and O–H groups in total. The summed E-state index contributed by atoms with van der Waals surface area (Å²) in [5.41, 5.74) is 2.23. The molecule has 162 valence electrons. The first kappa shape index (κ1) is 24.3. The molecule has 2 aromatic rings. The van der Waals surface area contributed by atoms with Gasteiger partial charge in [-0.25, -0.2) is 0 Å². The van der Waals surface area contributed by atoms with E-state index in [0.717, 1.165) is 17.5 Å². The average Bonchev–Trinajstić information content (AvgIpc) is 2.74. The van der Waals surface area contributed by atoms with Crippen LogP contribution in [-0.4, -0.2) is 41.1 Å². The number of carbonyl (C=O) groups excluding carboxylic acids is 2. The minimum absolute atomic E-state index is 0.0234. The molecule has 2 aromatic carbocycles. The van der Waals surface area contributed by atoms with Crippen molar-refractivity contribution in [3.05, 3.63) is 70.7 Å². The van der Waals surface area contributed by atoms with Crippen molar-refractivity contribution in [1.82, 2.24) is 10.2 Å². The smallest absolute Gasteiger partial charge is 0.242 e. The lowest BCUT2D eigenvalue weighted by Crippen LogP contribution is -2.51. The fourth-order valence-electron chi connectivity index (χ4n) is 3.00. The monoisotopic (exact) mass is 446 g/mol. The number of carbonyl (C=O) groups is 2. The molecule has 0 heterocycles. The van der Waals surface area contributed by atoms with Crippen molar-refractivity contribution >= 4 is 35.2 Å². The quantitative estimate of drug-likeness (QED) is 0.531. The molecule has 0 saturated heterocycles. The fraction of sp³-hybridized carbons (Fsp3) is 0.417. The van der Waals surface area contributed by atoms with Crippen LogP contribution < -0.4 is 5.32 Å². The van der Waals surface area contributed by atoms with E-state index in [1.807, 2.05) is 75.4 Å². The van der Waals surface area contributed by atoms with Crippen molar-refractivity contribution in [3.63, 3.8) is 0 Å². The van der Waals surface area contributed by atoms with Crippen molar-refractivity contribution < 1.29 is 9.59 Å². The molecule has 2 amide bonds. The van der Waals surface area contributed by atoms with Gasteiger partial charge in [0.2, 0.25) is 11.8 Å². The van der Waals surface area contributed by atoms with Gasteiger partial charge in [0.1, 0.15) is 6.04 Å². The Morgan fingerprint density at radius 3 is 2.43 bits per heavy atom. The Bertz CT molecular complexity index is 816. The third-order valence-corrected chi connectivity index (χ3v) is 6.26. The molecule has 0 radical (unpaired) electrons. The molecule has 0 fully saturated rings. The largest absolute Gasteiger partial charge is 0.352 e. The summed E-state index contributed by atoms with van der Waals surface area (Å²) in [6.07, 6.45) is 1.57. The Morgan fingerprint density at radius 2 is 1.77 bits per heavy atom. The van der Waals surface area contributed by atoms with Crippen molar-refractivity contribution in [2.45, 2.75) is 51.4 Å². The van der Waals surface area contributed by atoms with Crippen LogP contribution in [0.15, 0.2) is 54.6 Å². The maximum atomic E-state index is 13.0. The minimum atomic E-state index is -0.512. The standard InChI is InChI=1S/C24H31ClN2O2S/c1-4-18(2)26-24(29)19(3)27(14-13-20-9-6-5-7-10-20)23(28)17-30-16-21-11-8-12-22(25)15-21/h5-12,15,18-19H,4,13-14,16-17H2,1-3H3,(H,26,29)/t18-,19-/m0/s1. The molecule has 0 aromatic heterocycles. The summed E-state index contributed by atoms with van der Waals surface area (Å²) in [6, 6.07) is 17.3. The van der Waals surface area contributed by atoms with E-state index >= 15 is 0 Å². The Kier molecular flexibility index (Phi) is 10.2. The number of hydrogen-bond donors (Lipinski definition) is 1. The second kappa shape index (κ2) is 12.7. The molecule has 4 nitrogen and oxygen atoms in total. The summed E-state index contributed by atoms with van der Waals surface area (Å²) in [4.78, 5) is 27.4. The van der Waals surface area contributed by atoms with Crippen molar-refractivity contribution in [2.24, 2.45) is 0 Å². The van der Waals surface area contributed by atoms with Crippen LogP contribution in [0, 0.1) is 0 Å². The predicted octanol–water partition coefficient (Wildman–Crippen LogP) is 4.95. The van der Waals surface area contributed by atoms with E-state index in [9.17, 15) is 9.59 Å². The molecule has 0 aliphatic rings. The number of rotatable bonds is 11. The van der Waals surface area contributed by atoms with Crippen LogP contribution >= 0.6 is 23.4 Å². The first-order chi connectivity index (χ1) is 14.4. The topological polar surface area (TPSA) is 49.4 Å². The lowest BCUT2D eigenvalue weighted by atomic mass is 10.1. The molecule has 0 spiro atoms. The number of halogens is 1. The van der Waals surface area contributed by atoms with Gasteiger partial charge in [-0.15, -0.1) is 11.8 Å². The molecule has 0 bridgehead atoms. The highest BCUT2D eigenvalue weighted by Crippen LogP contribution is 2.18. The van der Waals surface area contributed by atoms with Gasteiger partial charge in [0, 0.05) is 23.4 Å². The van der Waals surface area contributed by atoms with Crippen LogP contribution in [0.25, 0.3) is 0 Å². The lowest BCUT2D eigenvalue weighted by molar-refractivity contribution is -0.138. The molecule has 2 rings (SSSR count). The summed E-state index contributed by atoms with van der Waals surface area (Å²) in [6.45, 7) is 6.32. The highest BCUT2D eigenvalue weighted by molar-refractivity contribution is 7.99. The van der Waals surface area contributed by atoms with Gasteiger partial charge >= 0.3 is 0 Å². The molecular formula is C24H31ClN2O2S. The summed E-state index contributed by atoms with van der Waals surface area (Å²) in [5.74, 6) is 0.893. The molecule has 0 unspecified atom stereocenters. The number of benzene rings is 2. The number of thioether (sulfide) groups is 1. The summed E-state index contributed by atoms with van der Waals surface area (Å²) in [7, 11) is 0. The SMILES string of the molecule is CC[C@H](C)NC(=O)[C@H](C)N(CCc1ccccc1)C(=O)CSCc1cccc(Cl)c1. The highest BCUT2D eigenvalue weighted by Gasteiger charge is 2.26. The van der Waals surface area contributed by atoms with Gasteiger partial charge in [0.25, 0.3) is 0 Å². The van der Waals surface area contributed by atoms with Crippen molar-refractivity contribution in [2.75, 3.05) is 12.3 Å². The highest BCUT2D eigenvalue weighted by atomic mass is 35.5. The van der Waals surface area contributed by atoms with Crippen molar-refractivity contribution in [3.8, 4) is 0 Å². The van der Waals surface area contributed by atoms with E-state index in [-0.39, 0.29) is 17.9 Å². The third-order valence-electron chi connectivity index (χ3n) is 5.04. The van der Waals surface area contributed by atoms with Gasteiger partial charge in [0.05, 0.1) is 5.75 Å². The van der Waals surface area contributed by atoms with Gasteiger partial charge in [-0.3, -0.25) is 9.59 Å². The number of amides is 2. The fourth-order valence-corrected chi connectivity index (χ4v) is 4.07. The molecule has 2 atom stereocenters. The van der Waals surface area contributed by atoms with E-state index in [2.05, 4.69) is 5.32 Å². The van der Waals surface area contributed by atoms with Crippen LogP contribution in [-0.2, 0) is 21.8 Å². The second-order valence-corrected chi connectivity index (χ2v) is 8.86. The van der Waals surface area contributed by atoms with Gasteiger partial charge in [-0.2, -0.15) is 0 Å². The predicted molar refractivity (Wildman–Crippen MR) is 127 cm³/mol. The van der Waals surface area contributed by atoms with Gasteiger partial charge < -0.3 is 10.2 Å². The number of nitrogens with zero attached hydrogens (tertiary/aromatic N) is 1. The minimum Gasteiger partial charge on any atom is -0.352 e. The average molecular weight is 447 g/mol. The van der Waals surface area contributed by atoms with Gasteiger partial charge in [-0.1, -0.05) is 61.0 Å². The lowest BCUT2D eigenvalue weighted by Gasteiger charge is -2.29. The van der Waals surface area contributed by atoms with Gasteiger partial charge in [-0.05, 0) is 49.9 Å². The summed E-state index contributed by atoms with van der Waals surface area (Å²) < 4.78 is 0. The molecule has 6 heteroatoms. The normalized spacial score (nSPS) is 12.8. The molecule has 0 saturated carbocycles. The Morgan fingerprint density at radius 1 is 1.07 bits per heavy atom. The van der Waals surface area contributed by atoms with Crippen molar-refractivity contribution in [1.29, 1.82) is 0 Å². The van der Waals surface area contributed by atoms with Crippen LogP contribution in [0.2, 0.25) is 5.02 Å². The first-order valence-corrected chi connectivity index (χ1v) is 11.9. The van der Waals surface area contributed by atoms with Crippen LogP contribution in [0.3, 0.4) is 0 Å². The Labute approximate surface area is 189 Å². The Balaban J connectivity index is 2.00. The molecule has 0 aliphatic heterocycles. The van der Waals surface area contributed by atoms with E-state index in [1.54, 1.807) is 4.90 Å². The van der Waals surface area contributed by atoms with Crippen LogP contribution in [0.4, 0.5) is 0 Å².